The number of nitrogens with two attached hydrogens (primary N) is 1. The van der Waals surface area contributed by atoms with Crippen LogP contribution in [-0.2, 0) is 17.6 Å². The Morgan fingerprint density at radius 3 is 2.83 bits per heavy atom. The average Bonchev–Trinajstić information content (AvgIpc) is 3.27. The smallest absolute Gasteiger partial charge is 0.230 e. The van der Waals surface area contributed by atoms with Crippen LogP contribution in [0.25, 0.3) is 0 Å². The molecule has 29 heavy (non-hydrogen) atoms. The number of nitrogen functional groups attached to an aromatic ring is 1. The Morgan fingerprint density at radius 2 is 2.10 bits per heavy atom. The van der Waals surface area contributed by atoms with Gasteiger partial charge in [-0.15, -0.1) is 11.3 Å². The molecule has 0 saturated heterocycles. The van der Waals surface area contributed by atoms with E-state index in [0.29, 0.717) is 5.69 Å². The number of aliphatic hydroxyl groups excluding tert-OH is 1. The number of carbonyl (C=O) groups is 1. The van der Waals surface area contributed by atoms with Gasteiger partial charge in [0.2, 0.25) is 5.91 Å². The van der Waals surface area contributed by atoms with E-state index in [4.69, 9.17) is 19.4 Å². The van der Waals surface area contributed by atoms with Gasteiger partial charge in [0.15, 0.2) is 5.13 Å². The molecule has 3 aromatic rings. The third-order valence-electron chi connectivity index (χ3n) is 3.86. The molecule has 0 spiro atoms. The number of hydrogen-bond donors (Lipinski definition) is 3. The van der Waals surface area contributed by atoms with Crippen LogP contribution in [-0.4, -0.2) is 16.0 Å². The first-order chi connectivity index (χ1) is 18.1. The van der Waals surface area contributed by atoms with Gasteiger partial charge in [0.05, 0.1) is 29.2 Å². The summed E-state index contributed by atoms with van der Waals surface area (Å²) in [4.78, 5) is 16.4. The van der Waals surface area contributed by atoms with Gasteiger partial charge in [0, 0.05) is 13.8 Å². The average molecular weight is 420 g/mol. The molecule has 1 aromatic heterocycles. The molecule has 0 fully saturated rings. The largest absolute Gasteiger partial charge is 0.388 e. The summed E-state index contributed by atoms with van der Waals surface area (Å²) in [6.45, 7) is 1.44. The lowest BCUT2D eigenvalue weighted by Gasteiger charge is -2.11. The van der Waals surface area contributed by atoms with Crippen LogP contribution in [0.2, 0.25) is 0 Å². The van der Waals surface area contributed by atoms with Crippen molar-refractivity contribution in [1.82, 2.24) is 4.98 Å². The number of hydrogen-bond acceptors (Lipinski definition) is 5. The van der Waals surface area contributed by atoms with Crippen molar-refractivity contribution in [2.24, 2.45) is 0 Å². The summed E-state index contributed by atoms with van der Waals surface area (Å²) in [5, 5.41) is 14.8. The Labute approximate surface area is 189 Å². The van der Waals surface area contributed by atoms with Crippen LogP contribution in [0.15, 0.2) is 53.7 Å². The zero-order valence-electron chi connectivity index (χ0n) is 25.8. The van der Waals surface area contributed by atoms with Gasteiger partial charge in [-0.3, -0.25) is 4.79 Å². The Morgan fingerprint density at radius 1 is 1.31 bits per heavy atom. The highest BCUT2D eigenvalue weighted by atomic mass is 32.1. The van der Waals surface area contributed by atoms with Crippen LogP contribution in [0.4, 0.5) is 10.8 Å². The van der Waals surface area contributed by atoms with E-state index in [-0.39, 0.29) is 54.0 Å². The summed E-state index contributed by atoms with van der Waals surface area (Å²) in [7, 11) is 0. The van der Waals surface area contributed by atoms with Gasteiger partial charge < -0.3 is 16.2 Å². The number of nitrogens with zero attached hydrogens (tertiary/aromatic N) is 1. The lowest BCUT2D eigenvalue weighted by Crippen LogP contribution is -2.14. The van der Waals surface area contributed by atoms with Gasteiger partial charge in [0.1, 0.15) is 0 Å². The number of anilines is 2. The van der Waals surface area contributed by atoms with Crippen molar-refractivity contribution in [3.8, 4) is 0 Å². The Kier molecular flexibility index (Phi) is 4.03. The molecular formula is C23H27N3O2S. The van der Waals surface area contributed by atoms with Crippen molar-refractivity contribution >= 4 is 28.1 Å². The number of aliphatic hydroxyl groups is 1. The normalized spacial score (nSPS) is 17.3. The number of thiazole rings is 1. The fraction of sp³-hybridized carbons (Fsp3) is 0.304. The third-order valence-corrected chi connectivity index (χ3v) is 4.58. The molecule has 4 N–H and O–H groups in total. The highest BCUT2D eigenvalue weighted by molar-refractivity contribution is 7.13. The fourth-order valence-electron chi connectivity index (χ4n) is 2.49. The van der Waals surface area contributed by atoms with E-state index in [1.807, 2.05) is 0 Å². The van der Waals surface area contributed by atoms with Crippen LogP contribution in [0.3, 0.4) is 0 Å². The highest BCUT2D eigenvalue weighted by Gasteiger charge is 2.08. The van der Waals surface area contributed by atoms with Crippen LogP contribution < -0.4 is 11.1 Å². The highest BCUT2D eigenvalue weighted by Crippen LogP contribution is 2.21. The first kappa shape index (κ1) is 11.5. The predicted molar refractivity (Wildman–Crippen MR) is 119 cm³/mol. The molecule has 1 amide bonds. The minimum atomic E-state index is -2.35. The first-order valence-corrected chi connectivity index (χ1v) is 9.81. The number of rotatable bonds is 9. The van der Waals surface area contributed by atoms with Crippen molar-refractivity contribution in [3.05, 3.63) is 76.1 Å². The summed E-state index contributed by atoms with van der Waals surface area (Å²) < 4.78 is 82.0. The lowest BCUT2D eigenvalue weighted by atomic mass is 10.00. The van der Waals surface area contributed by atoms with Crippen molar-refractivity contribution in [1.29, 1.82) is 0 Å². The molecule has 0 aliphatic heterocycles. The zero-order valence-corrected chi connectivity index (χ0v) is 16.6. The minimum Gasteiger partial charge on any atom is -0.388 e. The van der Waals surface area contributed by atoms with Gasteiger partial charge in [0.25, 0.3) is 0 Å². The molecule has 0 aliphatic carbocycles. The van der Waals surface area contributed by atoms with E-state index >= 15 is 0 Å². The summed E-state index contributed by atoms with van der Waals surface area (Å²) in [5.74, 6) is -0.641. The molecule has 2 aromatic carbocycles. The topological polar surface area (TPSA) is 88.2 Å². The molecule has 0 aliphatic rings. The number of carbonyl (C=O) groups excluding carboxylic acids is 1. The predicted octanol–water partition coefficient (Wildman–Crippen LogP) is 4.66. The maximum Gasteiger partial charge on any atom is 0.230 e. The van der Waals surface area contributed by atoms with Crippen molar-refractivity contribution < 1.29 is 23.6 Å². The molecule has 1 heterocycles. The molecule has 152 valence electrons. The van der Waals surface area contributed by atoms with Gasteiger partial charge >= 0.3 is 0 Å². The number of amides is 1. The van der Waals surface area contributed by atoms with E-state index in [1.165, 1.54) is 6.92 Å². The molecule has 0 radical (unpaired) electrons. The van der Waals surface area contributed by atoms with Gasteiger partial charge in [-0.2, -0.15) is 0 Å². The molecule has 6 heteroatoms. The van der Waals surface area contributed by atoms with E-state index in [9.17, 15) is 9.90 Å². The maximum absolute atomic E-state index is 12.4. The fourth-order valence-corrected chi connectivity index (χ4v) is 3.05. The Balaban J connectivity index is 1.79. The maximum atomic E-state index is 12.4. The molecule has 0 unspecified atom stereocenters. The second-order valence-electron chi connectivity index (χ2n) is 6.28. The van der Waals surface area contributed by atoms with Crippen LogP contribution in [0.1, 0.15) is 61.5 Å². The van der Waals surface area contributed by atoms with Gasteiger partial charge in [-0.1, -0.05) is 48.2 Å². The molecule has 3 rings (SSSR count). The van der Waals surface area contributed by atoms with Crippen LogP contribution in [0.5, 0.6) is 0 Å². The lowest BCUT2D eigenvalue weighted by molar-refractivity contribution is -0.115. The number of nitrogens with one attached hydrogen (secondary N) is 1. The molecular weight excluding hydrogens is 382 g/mol. The minimum absolute atomic E-state index is 0.0170. The Bertz CT molecular complexity index is 1370. The number of benzene rings is 2. The standard InChI is InChI=1S/C23H27N3O2S/c1-16-5-4-7-18(13-16)21(27)8-3-2-6-17-9-11-19(12-10-17)25-22(28)14-20-15-29-23(24)26-20/h4-5,7,9-13,15,21,27H,2-3,6,8,14H2,1H3,(H2,24,26)(H,25,28)/t21-/m0/s1/i4D,5D,6D2,7D,9D,10D,11D,12D,13D. The van der Waals surface area contributed by atoms with E-state index in [0.717, 1.165) is 11.3 Å². The van der Waals surface area contributed by atoms with E-state index in [2.05, 4.69) is 10.3 Å². The number of aromatic nitrogens is 1. The summed E-state index contributed by atoms with van der Waals surface area (Å²) >= 11 is 1.14. The summed E-state index contributed by atoms with van der Waals surface area (Å²) in [6.07, 6.45) is -4.37. The van der Waals surface area contributed by atoms with Gasteiger partial charge in [-0.25, -0.2) is 4.98 Å². The van der Waals surface area contributed by atoms with Crippen molar-refractivity contribution in [3.63, 3.8) is 0 Å². The Hall–Kier alpha value is -2.70. The molecule has 0 saturated carbocycles. The third kappa shape index (κ3) is 6.69. The summed E-state index contributed by atoms with van der Waals surface area (Å²) in [6, 6.07) is -3.91. The molecule has 1 atom stereocenters. The second kappa shape index (κ2) is 10.2. The van der Waals surface area contributed by atoms with Crippen molar-refractivity contribution in [2.45, 2.75) is 45.1 Å². The summed E-state index contributed by atoms with van der Waals surface area (Å²) in [5.41, 5.74) is 5.06. The van der Waals surface area contributed by atoms with Crippen LogP contribution in [0, 0.1) is 6.92 Å². The van der Waals surface area contributed by atoms with Gasteiger partial charge in [-0.05, 0) is 49.4 Å². The molecule has 5 nitrogen and oxygen atoms in total. The second-order valence-corrected chi connectivity index (χ2v) is 7.17. The van der Waals surface area contributed by atoms with Crippen LogP contribution >= 0.6 is 11.3 Å². The van der Waals surface area contributed by atoms with E-state index in [1.54, 1.807) is 5.38 Å². The van der Waals surface area contributed by atoms with E-state index < -0.39 is 65.9 Å². The first-order valence-electron chi connectivity index (χ1n) is 13.9. The monoisotopic (exact) mass is 419 g/mol. The molecule has 0 bridgehead atoms. The quantitative estimate of drug-likeness (QED) is 0.471. The SMILES string of the molecule is [2H]c1c([2H])c(C)c([2H])c([C@@H](O)CCCC([2H])([2H])c2c([2H])c([2H])c(NC(=O)Cc3csc(N)n3)c([2H])c2[2H])c1[2H]. The van der Waals surface area contributed by atoms with Crippen molar-refractivity contribution in [2.75, 3.05) is 11.1 Å². The zero-order chi connectivity index (χ0) is 29.4.